The summed E-state index contributed by atoms with van der Waals surface area (Å²) >= 11 is 0. The van der Waals surface area contributed by atoms with Crippen molar-refractivity contribution < 1.29 is 4.42 Å². The number of aryl methyl sites for hydroxylation is 1. The Labute approximate surface area is 107 Å². The summed E-state index contributed by atoms with van der Waals surface area (Å²) in [6.45, 7) is 8.34. The lowest BCUT2D eigenvalue weighted by Crippen LogP contribution is -2.10. The Morgan fingerprint density at radius 2 is 2.06 bits per heavy atom. The van der Waals surface area contributed by atoms with Crippen LogP contribution in [-0.4, -0.2) is 14.8 Å². The molecular formula is C13H20N4O. The predicted octanol–water partition coefficient (Wildman–Crippen LogP) is 2.88. The van der Waals surface area contributed by atoms with Gasteiger partial charge in [-0.25, -0.2) is 4.98 Å². The molecule has 0 radical (unpaired) electrons. The number of hydrogen-bond donors (Lipinski definition) is 1. The van der Waals surface area contributed by atoms with E-state index in [1.807, 2.05) is 20.2 Å². The second-order valence-corrected chi connectivity index (χ2v) is 5.58. The largest absolute Gasteiger partial charge is 0.443 e. The van der Waals surface area contributed by atoms with E-state index >= 15 is 0 Å². The van der Waals surface area contributed by atoms with Gasteiger partial charge < -0.3 is 9.73 Å². The van der Waals surface area contributed by atoms with Crippen molar-refractivity contribution in [3.05, 3.63) is 30.2 Å². The molecule has 0 aliphatic heterocycles. The maximum atomic E-state index is 5.79. The molecule has 5 heteroatoms. The van der Waals surface area contributed by atoms with Gasteiger partial charge in [-0.05, 0) is 6.92 Å². The molecule has 2 aromatic heterocycles. The van der Waals surface area contributed by atoms with Gasteiger partial charge in [0.15, 0.2) is 0 Å². The quantitative estimate of drug-likeness (QED) is 0.907. The lowest BCUT2D eigenvalue weighted by Gasteiger charge is -2.14. The third kappa shape index (κ3) is 2.72. The van der Waals surface area contributed by atoms with Gasteiger partial charge in [0.25, 0.3) is 0 Å². The monoisotopic (exact) mass is 248 g/mol. The number of nitrogens with one attached hydrogen (secondary N) is 1. The van der Waals surface area contributed by atoms with E-state index < -0.39 is 0 Å². The van der Waals surface area contributed by atoms with E-state index in [4.69, 9.17) is 4.42 Å². The molecule has 0 bridgehead atoms. The van der Waals surface area contributed by atoms with Crippen molar-refractivity contribution >= 4 is 5.69 Å². The zero-order valence-electron chi connectivity index (χ0n) is 11.6. The molecule has 0 fully saturated rings. The van der Waals surface area contributed by atoms with Crippen molar-refractivity contribution in [3.8, 4) is 0 Å². The van der Waals surface area contributed by atoms with E-state index in [-0.39, 0.29) is 11.5 Å². The number of anilines is 1. The number of nitrogens with zero attached hydrogens (tertiary/aromatic N) is 3. The third-order valence-corrected chi connectivity index (χ3v) is 2.72. The average molecular weight is 248 g/mol. The van der Waals surface area contributed by atoms with Crippen molar-refractivity contribution in [2.24, 2.45) is 7.05 Å². The molecule has 2 heterocycles. The van der Waals surface area contributed by atoms with Gasteiger partial charge in [-0.1, -0.05) is 20.8 Å². The van der Waals surface area contributed by atoms with Gasteiger partial charge in [-0.2, -0.15) is 5.10 Å². The van der Waals surface area contributed by atoms with E-state index in [1.54, 1.807) is 17.1 Å². The second kappa shape index (κ2) is 4.48. The molecule has 1 atom stereocenters. The van der Waals surface area contributed by atoms with E-state index in [0.29, 0.717) is 5.89 Å². The first-order chi connectivity index (χ1) is 8.36. The summed E-state index contributed by atoms with van der Waals surface area (Å²) in [5, 5.41) is 7.42. The minimum atomic E-state index is -0.0146. The first-order valence-electron chi connectivity index (χ1n) is 6.07. The highest BCUT2D eigenvalue weighted by atomic mass is 16.4. The Morgan fingerprint density at radius 1 is 1.33 bits per heavy atom. The Bertz CT molecular complexity index is 521. The van der Waals surface area contributed by atoms with Crippen LogP contribution in [0.4, 0.5) is 5.69 Å². The maximum absolute atomic E-state index is 5.79. The van der Waals surface area contributed by atoms with Crippen molar-refractivity contribution in [1.29, 1.82) is 0 Å². The summed E-state index contributed by atoms with van der Waals surface area (Å²) < 4.78 is 7.54. The zero-order chi connectivity index (χ0) is 13.3. The van der Waals surface area contributed by atoms with Crippen LogP contribution in [0.25, 0.3) is 0 Å². The summed E-state index contributed by atoms with van der Waals surface area (Å²) in [5.74, 6) is 1.60. The molecule has 2 rings (SSSR count). The molecule has 0 spiro atoms. The molecule has 2 aromatic rings. The third-order valence-electron chi connectivity index (χ3n) is 2.72. The maximum Gasteiger partial charge on any atom is 0.216 e. The van der Waals surface area contributed by atoms with Gasteiger partial charge >= 0.3 is 0 Å². The van der Waals surface area contributed by atoms with Gasteiger partial charge in [0.05, 0.1) is 18.1 Å². The number of aromatic nitrogens is 3. The smallest absolute Gasteiger partial charge is 0.216 e. The molecule has 0 unspecified atom stereocenters. The van der Waals surface area contributed by atoms with Crippen molar-refractivity contribution in [2.45, 2.75) is 39.2 Å². The first kappa shape index (κ1) is 12.7. The SMILES string of the molecule is C[C@@H](Nc1cnn(C)c1)c1ncc(C(C)(C)C)o1. The van der Waals surface area contributed by atoms with Crippen LogP contribution in [0.15, 0.2) is 23.0 Å². The van der Waals surface area contributed by atoms with Crippen molar-refractivity contribution in [3.63, 3.8) is 0 Å². The summed E-state index contributed by atoms with van der Waals surface area (Å²) in [6.07, 6.45) is 5.50. The van der Waals surface area contributed by atoms with E-state index in [9.17, 15) is 0 Å². The molecule has 0 saturated carbocycles. The van der Waals surface area contributed by atoms with Crippen LogP contribution >= 0.6 is 0 Å². The minimum Gasteiger partial charge on any atom is -0.443 e. The molecule has 0 amide bonds. The fourth-order valence-corrected chi connectivity index (χ4v) is 1.64. The van der Waals surface area contributed by atoms with Gasteiger partial charge in [0.2, 0.25) is 5.89 Å². The standard InChI is InChI=1S/C13H20N4O/c1-9(16-10-6-15-17(5)8-10)12-14-7-11(18-12)13(2,3)4/h6-9,16H,1-5H3/t9-/m1/s1. The fourth-order valence-electron chi connectivity index (χ4n) is 1.64. The molecule has 1 N–H and O–H groups in total. The number of rotatable bonds is 3. The van der Waals surface area contributed by atoms with Crippen LogP contribution in [-0.2, 0) is 12.5 Å². The topological polar surface area (TPSA) is 55.9 Å². The van der Waals surface area contributed by atoms with Crippen LogP contribution in [0.1, 0.15) is 45.4 Å². The van der Waals surface area contributed by atoms with Crippen LogP contribution in [0, 0.1) is 0 Å². The van der Waals surface area contributed by atoms with Crippen LogP contribution in [0.5, 0.6) is 0 Å². The van der Waals surface area contributed by atoms with Crippen LogP contribution < -0.4 is 5.32 Å². The van der Waals surface area contributed by atoms with Gasteiger partial charge in [-0.3, -0.25) is 4.68 Å². The summed E-state index contributed by atoms with van der Waals surface area (Å²) in [5.41, 5.74) is 0.944. The average Bonchev–Trinajstić information content (AvgIpc) is 2.85. The zero-order valence-corrected chi connectivity index (χ0v) is 11.6. The van der Waals surface area contributed by atoms with E-state index in [0.717, 1.165) is 11.4 Å². The Kier molecular flexibility index (Phi) is 3.15. The Hall–Kier alpha value is -1.78. The Balaban J connectivity index is 2.09. The molecule has 5 nitrogen and oxygen atoms in total. The normalized spacial score (nSPS) is 13.6. The molecule has 98 valence electrons. The van der Waals surface area contributed by atoms with Crippen molar-refractivity contribution in [2.75, 3.05) is 5.32 Å². The highest BCUT2D eigenvalue weighted by molar-refractivity contribution is 5.39. The van der Waals surface area contributed by atoms with Gasteiger partial charge in [-0.15, -0.1) is 0 Å². The fraction of sp³-hybridized carbons (Fsp3) is 0.538. The lowest BCUT2D eigenvalue weighted by molar-refractivity contribution is 0.374. The highest BCUT2D eigenvalue weighted by Gasteiger charge is 2.21. The van der Waals surface area contributed by atoms with Gasteiger partial charge in [0, 0.05) is 18.7 Å². The van der Waals surface area contributed by atoms with Gasteiger partial charge in [0.1, 0.15) is 11.8 Å². The van der Waals surface area contributed by atoms with Crippen LogP contribution in [0.2, 0.25) is 0 Å². The predicted molar refractivity (Wildman–Crippen MR) is 70.4 cm³/mol. The summed E-state index contributed by atoms with van der Waals surface area (Å²) in [6, 6.07) is 0.0188. The second-order valence-electron chi connectivity index (χ2n) is 5.58. The number of hydrogen-bond acceptors (Lipinski definition) is 4. The Morgan fingerprint density at radius 3 is 2.56 bits per heavy atom. The minimum absolute atomic E-state index is 0.0146. The van der Waals surface area contributed by atoms with E-state index in [1.165, 1.54) is 0 Å². The summed E-state index contributed by atoms with van der Waals surface area (Å²) in [7, 11) is 1.89. The molecule has 0 saturated heterocycles. The molecule has 0 aliphatic carbocycles. The van der Waals surface area contributed by atoms with Crippen molar-refractivity contribution in [1.82, 2.24) is 14.8 Å². The molecule has 0 aliphatic rings. The molecular weight excluding hydrogens is 228 g/mol. The summed E-state index contributed by atoms with van der Waals surface area (Å²) in [4.78, 5) is 4.33. The highest BCUT2D eigenvalue weighted by Crippen LogP contribution is 2.26. The first-order valence-corrected chi connectivity index (χ1v) is 6.07. The lowest BCUT2D eigenvalue weighted by atomic mass is 9.94. The number of oxazole rings is 1. The molecule has 18 heavy (non-hydrogen) atoms. The van der Waals surface area contributed by atoms with Crippen LogP contribution in [0.3, 0.4) is 0 Å². The molecule has 0 aromatic carbocycles. The van der Waals surface area contributed by atoms with E-state index in [2.05, 4.69) is 36.2 Å².